The monoisotopic (exact) mass is 330 g/mol. The van der Waals surface area contributed by atoms with Gasteiger partial charge in [0.2, 0.25) is 0 Å². The summed E-state index contributed by atoms with van der Waals surface area (Å²) in [7, 11) is 0. The molecule has 3 amide bonds. The standard InChI is InChI=1S/C18H26N4O2/c1-12-14(6-4-8-16(12)22-10-9-20-18(22)24)17(23)21-15-7-3-2-5-13(15)11-19/h4,6,8,13,15H,2-3,5,7,9-11,19H2,1H3,(H,20,24)(H,21,23)/t13-,15+/m0/s1. The van der Waals surface area contributed by atoms with Crippen molar-refractivity contribution in [1.29, 1.82) is 0 Å². The molecule has 1 heterocycles. The van der Waals surface area contributed by atoms with E-state index in [0.29, 0.717) is 31.1 Å². The topological polar surface area (TPSA) is 87.5 Å². The number of nitrogens with one attached hydrogen (secondary N) is 2. The highest BCUT2D eigenvalue weighted by atomic mass is 16.2. The normalized spacial score (nSPS) is 23.9. The molecule has 1 aromatic carbocycles. The van der Waals surface area contributed by atoms with Gasteiger partial charge in [-0.3, -0.25) is 9.69 Å². The van der Waals surface area contributed by atoms with E-state index in [9.17, 15) is 9.59 Å². The Morgan fingerprint density at radius 2 is 2.17 bits per heavy atom. The third-order valence-corrected chi connectivity index (χ3v) is 5.23. The second-order valence-corrected chi connectivity index (χ2v) is 6.69. The number of anilines is 1. The summed E-state index contributed by atoms with van der Waals surface area (Å²) in [6.07, 6.45) is 4.39. The first kappa shape index (κ1) is 16.8. The lowest BCUT2D eigenvalue weighted by Crippen LogP contribution is -2.45. The Bertz CT molecular complexity index is 631. The van der Waals surface area contributed by atoms with Gasteiger partial charge in [-0.1, -0.05) is 18.9 Å². The van der Waals surface area contributed by atoms with E-state index in [1.54, 1.807) is 4.90 Å². The quantitative estimate of drug-likeness (QED) is 0.786. The number of nitrogens with two attached hydrogens (primary N) is 1. The average molecular weight is 330 g/mol. The number of carbonyl (C=O) groups excluding carboxylic acids is 2. The molecule has 1 aliphatic carbocycles. The number of benzene rings is 1. The van der Waals surface area contributed by atoms with E-state index in [0.717, 1.165) is 30.5 Å². The van der Waals surface area contributed by atoms with Crippen molar-refractivity contribution in [2.45, 2.75) is 38.6 Å². The van der Waals surface area contributed by atoms with Crippen molar-refractivity contribution in [2.24, 2.45) is 11.7 Å². The maximum absolute atomic E-state index is 12.8. The van der Waals surface area contributed by atoms with Gasteiger partial charge >= 0.3 is 6.03 Å². The number of hydrogen-bond acceptors (Lipinski definition) is 3. The second kappa shape index (κ2) is 7.21. The summed E-state index contributed by atoms with van der Waals surface area (Å²) in [6.45, 7) is 3.77. The lowest BCUT2D eigenvalue weighted by atomic mass is 9.84. The van der Waals surface area contributed by atoms with Crippen LogP contribution in [-0.4, -0.2) is 37.6 Å². The molecule has 2 fully saturated rings. The maximum atomic E-state index is 12.8. The molecule has 1 aliphatic heterocycles. The van der Waals surface area contributed by atoms with Gasteiger partial charge in [-0.05, 0) is 49.9 Å². The molecule has 130 valence electrons. The van der Waals surface area contributed by atoms with E-state index < -0.39 is 0 Å². The van der Waals surface area contributed by atoms with Crippen LogP contribution in [0.15, 0.2) is 18.2 Å². The molecular weight excluding hydrogens is 304 g/mol. The zero-order valence-electron chi connectivity index (χ0n) is 14.2. The Labute approximate surface area is 142 Å². The molecule has 2 aliphatic rings. The third-order valence-electron chi connectivity index (χ3n) is 5.23. The van der Waals surface area contributed by atoms with E-state index >= 15 is 0 Å². The van der Waals surface area contributed by atoms with Gasteiger partial charge in [0.1, 0.15) is 0 Å². The number of hydrogen-bond donors (Lipinski definition) is 3. The summed E-state index contributed by atoms with van der Waals surface area (Å²) in [5.74, 6) is 0.287. The Hall–Kier alpha value is -2.08. The SMILES string of the molecule is Cc1c(C(=O)N[C@@H]2CCCC[C@H]2CN)cccc1N1CCNC1=O. The molecule has 6 nitrogen and oxygen atoms in total. The smallest absolute Gasteiger partial charge is 0.322 e. The van der Waals surface area contributed by atoms with Crippen LogP contribution in [0.25, 0.3) is 0 Å². The molecule has 0 unspecified atom stereocenters. The van der Waals surface area contributed by atoms with Crippen molar-refractivity contribution >= 4 is 17.6 Å². The van der Waals surface area contributed by atoms with E-state index in [1.165, 1.54) is 6.42 Å². The molecule has 6 heteroatoms. The van der Waals surface area contributed by atoms with Crippen molar-refractivity contribution in [3.8, 4) is 0 Å². The highest BCUT2D eigenvalue weighted by Gasteiger charge is 2.28. The minimum atomic E-state index is -0.105. The lowest BCUT2D eigenvalue weighted by molar-refractivity contribution is 0.0907. The van der Waals surface area contributed by atoms with E-state index in [4.69, 9.17) is 5.73 Å². The van der Waals surface area contributed by atoms with Crippen molar-refractivity contribution in [1.82, 2.24) is 10.6 Å². The first-order chi connectivity index (χ1) is 11.6. The van der Waals surface area contributed by atoms with Crippen molar-refractivity contribution in [3.05, 3.63) is 29.3 Å². The maximum Gasteiger partial charge on any atom is 0.322 e. The summed E-state index contributed by atoms with van der Waals surface area (Å²) in [5, 5.41) is 5.96. The average Bonchev–Trinajstić information content (AvgIpc) is 3.01. The second-order valence-electron chi connectivity index (χ2n) is 6.69. The van der Waals surface area contributed by atoms with Crippen LogP contribution in [0.1, 0.15) is 41.6 Å². The van der Waals surface area contributed by atoms with Crippen LogP contribution < -0.4 is 21.3 Å². The van der Waals surface area contributed by atoms with Crippen molar-refractivity contribution < 1.29 is 9.59 Å². The van der Waals surface area contributed by atoms with Gasteiger partial charge in [-0.15, -0.1) is 0 Å². The van der Waals surface area contributed by atoms with E-state index in [-0.39, 0.29) is 18.0 Å². The van der Waals surface area contributed by atoms with Crippen LogP contribution in [0.3, 0.4) is 0 Å². The van der Waals surface area contributed by atoms with Crippen LogP contribution in [-0.2, 0) is 0 Å². The van der Waals surface area contributed by atoms with Gasteiger partial charge in [0.25, 0.3) is 5.91 Å². The molecule has 3 rings (SSSR count). The zero-order chi connectivity index (χ0) is 17.1. The molecule has 0 spiro atoms. The fraction of sp³-hybridized carbons (Fsp3) is 0.556. The van der Waals surface area contributed by atoms with Gasteiger partial charge in [0.15, 0.2) is 0 Å². The zero-order valence-corrected chi connectivity index (χ0v) is 14.2. The van der Waals surface area contributed by atoms with Crippen molar-refractivity contribution in [3.63, 3.8) is 0 Å². The predicted octanol–water partition coefficient (Wildman–Crippen LogP) is 1.77. The van der Waals surface area contributed by atoms with E-state index in [1.807, 2.05) is 25.1 Å². The van der Waals surface area contributed by atoms with Crippen LogP contribution in [0.4, 0.5) is 10.5 Å². The van der Waals surface area contributed by atoms with Gasteiger partial charge in [-0.25, -0.2) is 4.79 Å². The highest BCUT2D eigenvalue weighted by molar-refractivity contribution is 6.00. The molecule has 1 aromatic rings. The molecule has 0 bridgehead atoms. The minimum absolute atomic E-state index is 0.0701. The fourth-order valence-corrected chi connectivity index (χ4v) is 3.79. The Kier molecular flexibility index (Phi) is 5.04. The molecule has 4 N–H and O–H groups in total. The molecule has 24 heavy (non-hydrogen) atoms. The third kappa shape index (κ3) is 3.24. The Morgan fingerprint density at radius 1 is 1.38 bits per heavy atom. The predicted molar refractivity (Wildman–Crippen MR) is 94.2 cm³/mol. The van der Waals surface area contributed by atoms with Crippen LogP contribution in [0.2, 0.25) is 0 Å². The first-order valence-corrected chi connectivity index (χ1v) is 8.77. The van der Waals surface area contributed by atoms with Crippen LogP contribution in [0, 0.1) is 12.8 Å². The van der Waals surface area contributed by atoms with Crippen LogP contribution in [0.5, 0.6) is 0 Å². The summed E-state index contributed by atoms with van der Waals surface area (Å²) < 4.78 is 0. The number of urea groups is 1. The highest BCUT2D eigenvalue weighted by Crippen LogP contribution is 2.27. The molecule has 1 saturated heterocycles. The molecule has 2 atom stereocenters. The summed E-state index contributed by atoms with van der Waals surface area (Å²) in [4.78, 5) is 26.4. The summed E-state index contributed by atoms with van der Waals surface area (Å²) in [6, 6.07) is 5.59. The summed E-state index contributed by atoms with van der Waals surface area (Å²) in [5.41, 5.74) is 8.13. The van der Waals surface area contributed by atoms with Gasteiger partial charge < -0.3 is 16.4 Å². The van der Waals surface area contributed by atoms with Crippen LogP contribution >= 0.6 is 0 Å². The lowest BCUT2D eigenvalue weighted by Gasteiger charge is -2.31. The van der Waals surface area contributed by atoms with Crippen molar-refractivity contribution in [2.75, 3.05) is 24.5 Å². The van der Waals surface area contributed by atoms with E-state index in [2.05, 4.69) is 10.6 Å². The van der Waals surface area contributed by atoms with Gasteiger partial charge in [-0.2, -0.15) is 0 Å². The number of rotatable bonds is 4. The number of amides is 3. The largest absolute Gasteiger partial charge is 0.349 e. The summed E-state index contributed by atoms with van der Waals surface area (Å²) >= 11 is 0. The minimum Gasteiger partial charge on any atom is -0.349 e. The Balaban J connectivity index is 1.78. The fourth-order valence-electron chi connectivity index (χ4n) is 3.79. The Morgan fingerprint density at radius 3 is 2.88 bits per heavy atom. The number of carbonyl (C=O) groups is 2. The molecule has 0 radical (unpaired) electrons. The van der Waals surface area contributed by atoms with Gasteiger partial charge in [0.05, 0.1) is 0 Å². The molecular formula is C18H26N4O2. The van der Waals surface area contributed by atoms with Gasteiger partial charge in [0, 0.05) is 30.4 Å². The molecule has 0 aromatic heterocycles. The number of nitrogens with zero attached hydrogens (tertiary/aromatic N) is 1. The molecule has 1 saturated carbocycles. The first-order valence-electron chi connectivity index (χ1n) is 8.77.